The molecule has 0 bridgehead atoms. The second-order valence-electron chi connectivity index (χ2n) is 5.00. The van der Waals surface area contributed by atoms with Gasteiger partial charge in [0.2, 0.25) is 0 Å². The first-order chi connectivity index (χ1) is 9.48. The zero-order valence-electron chi connectivity index (χ0n) is 11.3. The number of likely N-dealkylation sites (tertiary alicyclic amines) is 1. The van der Waals surface area contributed by atoms with E-state index >= 15 is 0 Å². The quantitative estimate of drug-likeness (QED) is 0.831. The number of aliphatic carboxylic acids is 1. The van der Waals surface area contributed by atoms with Gasteiger partial charge in [0.25, 0.3) is 5.91 Å². The van der Waals surface area contributed by atoms with E-state index in [0.29, 0.717) is 6.54 Å². The van der Waals surface area contributed by atoms with Crippen molar-refractivity contribution in [3.8, 4) is 0 Å². The van der Waals surface area contributed by atoms with E-state index < -0.39 is 17.6 Å². The molecule has 1 amide bonds. The van der Waals surface area contributed by atoms with Crippen LogP contribution in [0.5, 0.6) is 0 Å². The van der Waals surface area contributed by atoms with Crippen LogP contribution >= 0.6 is 0 Å². The molecule has 2 rings (SSSR count). The number of ether oxygens (including phenoxy) is 1. The van der Waals surface area contributed by atoms with Crippen LogP contribution < -0.4 is 5.73 Å². The third-order valence-corrected chi connectivity index (χ3v) is 3.60. The number of nitrogens with zero attached hydrogens (tertiary/aromatic N) is 1. The molecule has 1 aromatic carbocycles. The lowest BCUT2D eigenvalue weighted by molar-refractivity contribution is -0.144. The normalized spacial score (nSPS) is 23.6. The molecule has 1 aromatic rings. The number of hydrogen-bond donors (Lipinski definition) is 2. The first-order valence-electron chi connectivity index (χ1n) is 6.37. The molecule has 1 saturated heterocycles. The van der Waals surface area contributed by atoms with Gasteiger partial charge < -0.3 is 20.5 Å². The zero-order chi connectivity index (χ0) is 14.8. The average molecular weight is 278 g/mol. The van der Waals surface area contributed by atoms with E-state index in [-0.39, 0.29) is 18.9 Å². The molecule has 2 unspecified atom stereocenters. The van der Waals surface area contributed by atoms with Gasteiger partial charge in [-0.15, -0.1) is 0 Å². The number of carboxylic acids is 1. The second-order valence-corrected chi connectivity index (χ2v) is 5.00. The van der Waals surface area contributed by atoms with Gasteiger partial charge in [-0.1, -0.05) is 30.3 Å². The van der Waals surface area contributed by atoms with Crippen LogP contribution in [0.3, 0.4) is 0 Å². The molecule has 0 aliphatic carbocycles. The van der Waals surface area contributed by atoms with Crippen molar-refractivity contribution < 1.29 is 19.4 Å². The summed E-state index contributed by atoms with van der Waals surface area (Å²) in [5.41, 5.74) is 5.16. The van der Waals surface area contributed by atoms with Crippen molar-refractivity contribution >= 4 is 11.9 Å². The number of methoxy groups -OCH3 is 1. The number of hydrogen-bond acceptors (Lipinski definition) is 4. The Hall–Kier alpha value is -1.92. The maximum absolute atomic E-state index is 12.4. The Morgan fingerprint density at radius 1 is 1.40 bits per heavy atom. The molecule has 1 fully saturated rings. The topological polar surface area (TPSA) is 92.9 Å². The summed E-state index contributed by atoms with van der Waals surface area (Å²) in [5, 5.41) is 9.09. The SMILES string of the molecule is COC(C(=O)N1CCC(N)(C(=O)O)C1)c1ccccc1. The minimum Gasteiger partial charge on any atom is -0.480 e. The summed E-state index contributed by atoms with van der Waals surface area (Å²) in [5.74, 6) is -1.34. The molecule has 0 saturated carbocycles. The molecule has 20 heavy (non-hydrogen) atoms. The van der Waals surface area contributed by atoms with Crippen LogP contribution in [0.2, 0.25) is 0 Å². The van der Waals surface area contributed by atoms with E-state index in [1.54, 1.807) is 12.1 Å². The van der Waals surface area contributed by atoms with Gasteiger partial charge in [-0.2, -0.15) is 0 Å². The number of rotatable bonds is 4. The molecule has 0 spiro atoms. The lowest BCUT2D eigenvalue weighted by atomic mass is 10.0. The van der Waals surface area contributed by atoms with E-state index in [0.717, 1.165) is 5.56 Å². The summed E-state index contributed by atoms with van der Waals surface area (Å²) in [6.07, 6.45) is -0.480. The maximum Gasteiger partial charge on any atom is 0.325 e. The van der Waals surface area contributed by atoms with Gasteiger partial charge in [0.15, 0.2) is 6.10 Å². The molecule has 1 aliphatic rings. The predicted octanol–water partition coefficient (Wildman–Crippen LogP) is 0.389. The maximum atomic E-state index is 12.4. The van der Waals surface area contributed by atoms with Crippen LogP contribution in [0, 0.1) is 0 Å². The molecule has 6 nitrogen and oxygen atoms in total. The largest absolute Gasteiger partial charge is 0.480 e. The van der Waals surface area contributed by atoms with Crippen LogP contribution in [0.25, 0.3) is 0 Å². The van der Waals surface area contributed by atoms with Crippen molar-refractivity contribution in [3.05, 3.63) is 35.9 Å². The highest BCUT2D eigenvalue weighted by Gasteiger charge is 2.44. The molecule has 0 radical (unpaired) electrons. The minimum absolute atomic E-state index is 0.00780. The van der Waals surface area contributed by atoms with Crippen molar-refractivity contribution in [2.24, 2.45) is 5.73 Å². The van der Waals surface area contributed by atoms with Gasteiger partial charge in [0.05, 0.1) is 0 Å². The Bertz CT molecular complexity index is 505. The summed E-state index contributed by atoms with van der Waals surface area (Å²) >= 11 is 0. The number of nitrogens with two attached hydrogens (primary N) is 1. The van der Waals surface area contributed by atoms with Gasteiger partial charge in [0, 0.05) is 20.2 Å². The van der Waals surface area contributed by atoms with E-state index in [1.165, 1.54) is 12.0 Å². The van der Waals surface area contributed by atoms with Gasteiger partial charge >= 0.3 is 5.97 Å². The number of carbonyl (C=O) groups is 2. The van der Waals surface area contributed by atoms with Gasteiger partial charge in [-0.25, -0.2) is 0 Å². The summed E-state index contributed by atoms with van der Waals surface area (Å²) in [7, 11) is 1.46. The zero-order valence-corrected chi connectivity index (χ0v) is 11.3. The fourth-order valence-corrected chi connectivity index (χ4v) is 2.37. The molecule has 3 N–H and O–H groups in total. The van der Waals surface area contributed by atoms with Crippen molar-refractivity contribution in [3.63, 3.8) is 0 Å². The Morgan fingerprint density at radius 3 is 2.55 bits per heavy atom. The second kappa shape index (κ2) is 5.60. The van der Waals surface area contributed by atoms with Crippen molar-refractivity contribution in [2.75, 3.05) is 20.2 Å². The molecule has 108 valence electrons. The summed E-state index contributed by atoms with van der Waals surface area (Å²) in [6.45, 7) is 0.336. The highest BCUT2D eigenvalue weighted by atomic mass is 16.5. The third-order valence-electron chi connectivity index (χ3n) is 3.60. The molecule has 2 atom stereocenters. The highest BCUT2D eigenvalue weighted by Crippen LogP contribution is 2.25. The van der Waals surface area contributed by atoms with E-state index in [2.05, 4.69) is 0 Å². The van der Waals surface area contributed by atoms with E-state index in [9.17, 15) is 9.59 Å². The monoisotopic (exact) mass is 278 g/mol. The lowest BCUT2D eigenvalue weighted by Gasteiger charge is -2.24. The Labute approximate surface area is 117 Å². The molecular weight excluding hydrogens is 260 g/mol. The van der Waals surface area contributed by atoms with Crippen molar-refractivity contribution in [2.45, 2.75) is 18.1 Å². The minimum atomic E-state index is -1.36. The van der Waals surface area contributed by atoms with Gasteiger partial charge in [0.1, 0.15) is 5.54 Å². The Morgan fingerprint density at radius 2 is 2.05 bits per heavy atom. The third kappa shape index (κ3) is 2.66. The van der Waals surface area contributed by atoms with E-state index in [4.69, 9.17) is 15.6 Å². The smallest absolute Gasteiger partial charge is 0.325 e. The van der Waals surface area contributed by atoms with E-state index in [1.807, 2.05) is 18.2 Å². The van der Waals surface area contributed by atoms with Gasteiger partial charge in [-0.05, 0) is 12.0 Å². The predicted molar refractivity (Wildman–Crippen MR) is 71.9 cm³/mol. The first-order valence-corrected chi connectivity index (χ1v) is 6.37. The summed E-state index contributed by atoms with van der Waals surface area (Å²) in [4.78, 5) is 25.0. The number of carboxylic acid groups (broad SMARTS) is 1. The van der Waals surface area contributed by atoms with Crippen molar-refractivity contribution in [1.82, 2.24) is 4.90 Å². The highest BCUT2D eigenvalue weighted by molar-refractivity contribution is 5.86. The van der Waals surface area contributed by atoms with Crippen molar-refractivity contribution in [1.29, 1.82) is 0 Å². The molecule has 1 aliphatic heterocycles. The van der Waals surface area contributed by atoms with Gasteiger partial charge in [-0.3, -0.25) is 9.59 Å². The molecule has 0 aromatic heterocycles. The van der Waals surface area contributed by atoms with Crippen LogP contribution in [-0.2, 0) is 14.3 Å². The lowest BCUT2D eigenvalue weighted by Crippen LogP contribution is -2.51. The fraction of sp³-hybridized carbons (Fsp3) is 0.429. The molecular formula is C14H18N2O4. The van der Waals surface area contributed by atoms with Crippen LogP contribution in [0.4, 0.5) is 0 Å². The Balaban J connectivity index is 2.13. The number of amides is 1. The number of benzene rings is 1. The summed E-state index contributed by atoms with van der Waals surface area (Å²) in [6, 6.07) is 9.10. The number of carbonyl (C=O) groups excluding carboxylic acids is 1. The fourth-order valence-electron chi connectivity index (χ4n) is 2.37. The van der Waals surface area contributed by atoms with Crippen LogP contribution in [0.15, 0.2) is 30.3 Å². The average Bonchev–Trinajstić information content (AvgIpc) is 2.85. The standard InChI is InChI=1S/C14H18N2O4/c1-20-11(10-5-3-2-4-6-10)12(17)16-8-7-14(15,9-16)13(18)19/h2-6,11H,7-9,15H2,1H3,(H,18,19). The first kappa shape index (κ1) is 14.5. The molecule has 1 heterocycles. The molecule has 6 heteroatoms. The Kier molecular flexibility index (Phi) is 4.06. The van der Waals surface area contributed by atoms with Crippen LogP contribution in [-0.4, -0.2) is 47.6 Å². The van der Waals surface area contributed by atoms with Crippen LogP contribution in [0.1, 0.15) is 18.1 Å². The summed E-state index contributed by atoms with van der Waals surface area (Å²) < 4.78 is 5.26.